The van der Waals surface area contributed by atoms with Crippen LogP contribution >= 0.6 is 0 Å². The van der Waals surface area contributed by atoms with Gasteiger partial charge in [-0.25, -0.2) is 0 Å². The Morgan fingerprint density at radius 2 is 2.00 bits per heavy atom. The van der Waals surface area contributed by atoms with Crippen molar-refractivity contribution < 1.29 is 0 Å². The van der Waals surface area contributed by atoms with Gasteiger partial charge in [0.1, 0.15) is 0 Å². The van der Waals surface area contributed by atoms with Crippen molar-refractivity contribution in [2.75, 3.05) is 0 Å². The molecule has 3 nitrogen and oxygen atoms in total. The van der Waals surface area contributed by atoms with Gasteiger partial charge in [0.2, 0.25) is 0 Å². The van der Waals surface area contributed by atoms with Crippen LogP contribution in [0.4, 0.5) is 0 Å². The van der Waals surface area contributed by atoms with Crippen LogP contribution in [0.2, 0.25) is 0 Å². The van der Waals surface area contributed by atoms with Gasteiger partial charge in [0, 0.05) is 29.9 Å². The maximum atomic E-state index is 4.55. The third-order valence-corrected chi connectivity index (χ3v) is 3.04. The van der Waals surface area contributed by atoms with Gasteiger partial charge in [0.15, 0.2) is 0 Å². The summed E-state index contributed by atoms with van der Waals surface area (Å²) in [5.41, 5.74) is 2.89. The first kappa shape index (κ1) is 15.2. The van der Waals surface area contributed by atoms with E-state index in [1.807, 2.05) is 6.20 Å². The average Bonchev–Trinajstić information content (AvgIpc) is 2.65. The Kier molecular flexibility index (Phi) is 5.39. The van der Waals surface area contributed by atoms with Gasteiger partial charge in [-0.15, -0.1) is 0 Å². The monoisotopic (exact) mass is 251 g/mol. The minimum Gasteiger partial charge on any atom is -0.308 e. The van der Waals surface area contributed by atoms with Crippen molar-refractivity contribution in [1.29, 1.82) is 0 Å². The molecule has 0 saturated carbocycles. The zero-order chi connectivity index (χ0) is 13.8. The number of hydrogen-bond donors (Lipinski definition) is 1. The van der Waals surface area contributed by atoms with E-state index in [0.717, 1.165) is 13.1 Å². The van der Waals surface area contributed by atoms with Gasteiger partial charge >= 0.3 is 0 Å². The zero-order valence-electron chi connectivity index (χ0n) is 12.9. The average molecular weight is 251 g/mol. The van der Waals surface area contributed by atoms with E-state index in [2.05, 4.69) is 56.6 Å². The molecule has 0 saturated heterocycles. The maximum absolute atomic E-state index is 4.55. The van der Waals surface area contributed by atoms with E-state index >= 15 is 0 Å². The van der Waals surface area contributed by atoms with Crippen LogP contribution in [0.5, 0.6) is 0 Å². The quantitative estimate of drug-likeness (QED) is 0.835. The Morgan fingerprint density at radius 1 is 1.33 bits per heavy atom. The Balaban J connectivity index is 2.81. The molecule has 18 heavy (non-hydrogen) atoms. The van der Waals surface area contributed by atoms with E-state index in [1.54, 1.807) is 0 Å². The van der Waals surface area contributed by atoms with Crippen LogP contribution in [0.3, 0.4) is 0 Å². The molecule has 1 rings (SSSR count). The number of hydrogen-bond acceptors (Lipinski definition) is 2. The van der Waals surface area contributed by atoms with Crippen LogP contribution in [0, 0.1) is 0 Å². The van der Waals surface area contributed by atoms with E-state index in [4.69, 9.17) is 0 Å². The van der Waals surface area contributed by atoms with Crippen LogP contribution in [0.1, 0.15) is 71.6 Å². The molecule has 0 fully saturated rings. The highest BCUT2D eigenvalue weighted by molar-refractivity contribution is 5.21. The fourth-order valence-corrected chi connectivity index (χ4v) is 2.08. The van der Waals surface area contributed by atoms with Gasteiger partial charge in [0.05, 0.1) is 6.20 Å². The molecule has 0 aliphatic rings. The van der Waals surface area contributed by atoms with Crippen LogP contribution in [-0.2, 0) is 13.1 Å². The minimum atomic E-state index is 0.153. The lowest BCUT2D eigenvalue weighted by Crippen LogP contribution is -2.35. The van der Waals surface area contributed by atoms with E-state index in [0.29, 0.717) is 5.92 Å². The second kappa shape index (κ2) is 6.37. The first-order valence-electron chi connectivity index (χ1n) is 7.14. The highest BCUT2D eigenvalue weighted by Gasteiger charge is 2.16. The van der Waals surface area contributed by atoms with Crippen LogP contribution < -0.4 is 5.32 Å². The lowest BCUT2D eigenvalue weighted by atomic mass is 10.0. The molecule has 0 spiro atoms. The third-order valence-electron chi connectivity index (χ3n) is 3.04. The lowest BCUT2D eigenvalue weighted by Gasteiger charge is -2.21. The lowest BCUT2D eigenvalue weighted by molar-refractivity contribution is 0.422. The van der Waals surface area contributed by atoms with Crippen molar-refractivity contribution >= 4 is 0 Å². The molecule has 104 valence electrons. The summed E-state index contributed by atoms with van der Waals surface area (Å²) in [5, 5.41) is 8.10. The first-order chi connectivity index (χ1) is 8.35. The Morgan fingerprint density at radius 3 is 2.50 bits per heavy atom. The number of aromatic nitrogens is 2. The predicted octanol–water partition coefficient (Wildman–Crippen LogP) is 3.69. The largest absolute Gasteiger partial charge is 0.308 e. The number of nitrogens with one attached hydrogen (secondary N) is 1. The van der Waals surface area contributed by atoms with Crippen LogP contribution in [0.15, 0.2) is 6.20 Å². The van der Waals surface area contributed by atoms with Crippen molar-refractivity contribution in [1.82, 2.24) is 15.1 Å². The molecule has 0 unspecified atom stereocenters. The number of rotatable bonds is 6. The molecule has 0 aromatic carbocycles. The molecule has 0 amide bonds. The summed E-state index contributed by atoms with van der Waals surface area (Å²) in [6.07, 6.45) is 4.45. The smallest absolute Gasteiger partial charge is 0.0537 e. The molecule has 1 aromatic heterocycles. The Labute approximate surface area is 112 Å². The molecule has 0 bridgehead atoms. The topological polar surface area (TPSA) is 29.9 Å². The van der Waals surface area contributed by atoms with E-state index in [-0.39, 0.29) is 5.54 Å². The highest BCUT2D eigenvalue weighted by atomic mass is 15.3. The number of nitrogens with zero attached hydrogens (tertiary/aromatic N) is 2. The second-order valence-corrected chi connectivity index (χ2v) is 6.39. The zero-order valence-corrected chi connectivity index (χ0v) is 12.9. The standard InChI is InChI=1S/C15H29N3/c1-7-8-9-18-14(12(2)3)13(11-17-18)10-16-15(4,5)6/h11-12,16H,7-10H2,1-6H3. The summed E-state index contributed by atoms with van der Waals surface area (Å²) >= 11 is 0. The molecule has 0 atom stereocenters. The molecule has 1 heterocycles. The Bertz CT molecular complexity index is 358. The van der Waals surface area contributed by atoms with Gasteiger partial charge in [-0.1, -0.05) is 27.2 Å². The van der Waals surface area contributed by atoms with Crippen LogP contribution in [-0.4, -0.2) is 15.3 Å². The van der Waals surface area contributed by atoms with E-state index in [9.17, 15) is 0 Å². The Hall–Kier alpha value is -0.830. The van der Waals surface area contributed by atoms with Gasteiger partial charge in [-0.05, 0) is 33.1 Å². The fraction of sp³-hybridized carbons (Fsp3) is 0.800. The summed E-state index contributed by atoms with van der Waals surface area (Å²) in [7, 11) is 0. The molecule has 0 aliphatic heterocycles. The van der Waals surface area contributed by atoms with Crippen molar-refractivity contribution in [2.24, 2.45) is 0 Å². The molecule has 0 aliphatic carbocycles. The highest BCUT2D eigenvalue weighted by Crippen LogP contribution is 2.20. The molecule has 1 N–H and O–H groups in total. The predicted molar refractivity (Wildman–Crippen MR) is 77.8 cm³/mol. The van der Waals surface area contributed by atoms with Gasteiger partial charge < -0.3 is 5.32 Å². The van der Waals surface area contributed by atoms with E-state index in [1.165, 1.54) is 24.1 Å². The summed E-state index contributed by atoms with van der Waals surface area (Å²) in [6, 6.07) is 0. The second-order valence-electron chi connectivity index (χ2n) is 6.39. The molecule has 3 heteroatoms. The first-order valence-corrected chi connectivity index (χ1v) is 7.14. The number of unbranched alkanes of at least 4 members (excludes halogenated alkanes) is 1. The normalized spacial score (nSPS) is 12.4. The summed E-state index contributed by atoms with van der Waals surface area (Å²) in [6.45, 7) is 15.3. The fourth-order valence-electron chi connectivity index (χ4n) is 2.08. The molecular formula is C15H29N3. The molecule has 0 radical (unpaired) electrons. The molecule has 1 aromatic rings. The summed E-state index contributed by atoms with van der Waals surface area (Å²) in [4.78, 5) is 0. The van der Waals surface area contributed by atoms with Gasteiger partial charge in [0.25, 0.3) is 0 Å². The van der Waals surface area contributed by atoms with E-state index < -0.39 is 0 Å². The van der Waals surface area contributed by atoms with Crippen molar-refractivity contribution in [3.63, 3.8) is 0 Å². The number of aryl methyl sites for hydroxylation is 1. The maximum Gasteiger partial charge on any atom is 0.0537 e. The summed E-state index contributed by atoms with van der Waals surface area (Å²) < 4.78 is 2.19. The van der Waals surface area contributed by atoms with Crippen molar-refractivity contribution in [3.8, 4) is 0 Å². The van der Waals surface area contributed by atoms with Gasteiger partial charge in [-0.3, -0.25) is 4.68 Å². The van der Waals surface area contributed by atoms with Crippen molar-refractivity contribution in [2.45, 2.75) is 78.9 Å². The van der Waals surface area contributed by atoms with Crippen molar-refractivity contribution in [3.05, 3.63) is 17.5 Å². The minimum absolute atomic E-state index is 0.153. The summed E-state index contributed by atoms with van der Waals surface area (Å²) in [5.74, 6) is 0.529. The van der Waals surface area contributed by atoms with Crippen LogP contribution in [0.25, 0.3) is 0 Å². The third kappa shape index (κ3) is 4.45. The SMILES string of the molecule is CCCCn1ncc(CNC(C)(C)C)c1C(C)C. The van der Waals surface area contributed by atoms with Gasteiger partial charge in [-0.2, -0.15) is 5.10 Å². The molecular weight excluding hydrogens is 222 g/mol.